The summed E-state index contributed by atoms with van der Waals surface area (Å²) in [6.07, 6.45) is 0. The van der Waals surface area contributed by atoms with Crippen LogP contribution >= 0.6 is 0 Å². The molecule has 0 radical (unpaired) electrons. The SMILES string of the molecule is N#Cc1ccccc1.N#Cc1ccccc1.[Pt+2]. The predicted octanol–water partition coefficient (Wildman–Crippen LogP) is 3.11. The van der Waals surface area contributed by atoms with Crippen LogP contribution in [0.4, 0.5) is 0 Å². The van der Waals surface area contributed by atoms with Gasteiger partial charge in [-0.2, -0.15) is 10.5 Å². The van der Waals surface area contributed by atoms with Gasteiger partial charge in [-0.05, 0) is 24.3 Å². The summed E-state index contributed by atoms with van der Waals surface area (Å²) in [7, 11) is 0. The van der Waals surface area contributed by atoms with Crippen molar-refractivity contribution in [2.75, 3.05) is 0 Å². The molecule has 0 heterocycles. The number of hydrogen-bond donors (Lipinski definition) is 0. The summed E-state index contributed by atoms with van der Waals surface area (Å²) in [5.41, 5.74) is 1.43. The van der Waals surface area contributed by atoms with Crippen molar-refractivity contribution in [2.24, 2.45) is 0 Å². The van der Waals surface area contributed by atoms with Crippen molar-refractivity contribution >= 4 is 0 Å². The third-order valence-corrected chi connectivity index (χ3v) is 1.81. The number of hydrogen-bond acceptors (Lipinski definition) is 2. The van der Waals surface area contributed by atoms with Crippen LogP contribution in [0.3, 0.4) is 0 Å². The van der Waals surface area contributed by atoms with Crippen LogP contribution in [0.2, 0.25) is 0 Å². The minimum absolute atomic E-state index is 0. The summed E-state index contributed by atoms with van der Waals surface area (Å²) < 4.78 is 0. The second kappa shape index (κ2) is 9.34. The molecule has 0 saturated carbocycles. The van der Waals surface area contributed by atoms with Crippen molar-refractivity contribution in [1.29, 1.82) is 10.5 Å². The zero-order valence-electron chi connectivity index (χ0n) is 8.98. The molecule has 0 bridgehead atoms. The zero-order chi connectivity index (χ0) is 11.6. The Balaban J connectivity index is 0.000000284. The van der Waals surface area contributed by atoms with Gasteiger partial charge in [0.15, 0.2) is 0 Å². The molecule has 0 unspecified atom stereocenters. The molecule has 2 rings (SSSR count). The largest absolute Gasteiger partial charge is 2.00 e. The van der Waals surface area contributed by atoms with E-state index in [9.17, 15) is 0 Å². The average Bonchev–Trinajstić information content (AvgIpc) is 2.41. The summed E-state index contributed by atoms with van der Waals surface area (Å²) in [5, 5.41) is 16.6. The molecule has 0 saturated heterocycles. The van der Waals surface area contributed by atoms with Crippen LogP contribution in [0.1, 0.15) is 11.1 Å². The Morgan fingerprint density at radius 3 is 1.06 bits per heavy atom. The van der Waals surface area contributed by atoms with Crippen molar-refractivity contribution in [1.82, 2.24) is 0 Å². The second-order valence-corrected chi connectivity index (χ2v) is 2.96. The van der Waals surface area contributed by atoms with Crippen molar-refractivity contribution in [3.63, 3.8) is 0 Å². The maximum absolute atomic E-state index is 8.29. The van der Waals surface area contributed by atoms with Gasteiger partial charge in [0.05, 0.1) is 23.3 Å². The molecule has 3 heteroatoms. The Bertz CT molecular complexity index is 446. The molecule has 0 N–H and O–H groups in total. The molecule has 0 fully saturated rings. The molecule has 2 nitrogen and oxygen atoms in total. The van der Waals surface area contributed by atoms with Crippen molar-refractivity contribution in [3.8, 4) is 12.1 Å². The van der Waals surface area contributed by atoms with Gasteiger partial charge in [0.2, 0.25) is 0 Å². The first-order valence-corrected chi connectivity index (χ1v) is 4.77. The predicted molar refractivity (Wildman–Crippen MR) is 62.3 cm³/mol. The normalized spacial score (nSPS) is 7.41. The van der Waals surface area contributed by atoms with Crippen LogP contribution < -0.4 is 0 Å². The van der Waals surface area contributed by atoms with E-state index < -0.39 is 0 Å². The Kier molecular flexibility index (Phi) is 8.30. The maximum Gasteiger partial charge on any atom is 2.00 e. The van der Waals surface area contributed by atoms with Gasteiger partial charge in [-0.3, -0.25) is 0 Å². The molecule has 0 aliphatic carbocycles. The number of rotatable bonds is 0. The Hall–Kier alpha value is -1.89. The second-order valence-electron chi connectivity index (χ2n) is 2.96. The fourth-order valence-corrected chi connectivity index (χ4v) is 1.03. The van der Waals surface area contributed by atoms with E-state index in [1.54, 1.807) is 24.3 Å². The summed E-state index contributed by atoms with van der Waals surface area (Å²) in [4.78, 5) is 0. The van der Waals surface area contributed by atoms with E-state index in [2.05, 4.69) is 0 Å². The summed E-state index contributed by atoms with van der Waals surface area (Å²) >= 11 is 0. The third kappa shape index (κ3) is 6.31. The van der Waals surface area contributed by atoms with Gasteiger partial charge in [-0.25, -0.2) is 0 Å². The monoisotopic (exact) mass is 401 g/mol. The molecule has 0 aromatic heterocycles. The molecule has 84 valence electrons. The fourth-order valence-electron chi connectivity index (χ4n) is 1.03. The van der Waals surface area contributed by atoms with Crippen molar-refractivity contribution in [2.45, 2.75) is 0 Å². The van der Waals surface area contributed by atoms with E-state index in [4.69, 9.17) is 10.5 Å². The third-order valence-electron chi connectivity index (χ3n) is 1.81. The average molecular weight is 401 g/mol. The van der Waals surface area contributed by atoms with Gasteiger partial charge in [0.1, 0.15) is 0 Å². The molecule has 0 atom stereocenters. The number of nitriles is 2. The first kappa shape index (κ1) is 15.1. The van der Waals surface area contributed by atoms with Gasteiger partial charge < -0.3 is 0 Å². The van der Waals surface area contributed by atoms with E-state index in [1.165, 1.54) is 0 Å². The van der Waals surface area contributed by atoms with Gasteiger partial charge in [-0.1, -0.05) is 36.4 Å². The molecule has 17 heavy (non-hydrogen) atoms. The van der Waals surface area contributed by atoms with Gasteiger partial charge in [0.25, 0.3) is 0 Å². The summed E-state index contributed by atoms with van der Waals surface area (Å²) in [6.45, 7) is 0. The first-order chi connectivity index (χ1) is 7.86. The molecule has 0 amide bonds. The van der Waals surface area contributed by atoms with Gasteiger partial charge in [0, 0.05) is 0 Å². The van der Waals surface area contributed by atoms with Crippen LogP contribution in [0, 0.1) is 22.7 Å². The Labute approximate surface area is 115 Å². The van der Waals surface area contributed by atoms with E-state index in [0.717, 1.165) is 0 Å². The maximum atomic E-state index is 8.29. The smallest absolute Gasteiger partial charge is 0.192 e. The Morgan fingerprint density at radius 2 is 0.882 bits per heavy atom. The molecule has 0 aliphatic heterocycles. The van der Waals surface area contributed by atoms with Crippen molar-refractivity contribution in [3.05, 3.63) is 71.8 Å². The molecule has 0 aliphatic rings. The standard InChI is InChI=1S/2C7H5N.Pt/c2*8-6-7-4-2-1-3-5-7;/h2*1-5H;/q;;+2. The Morgan fingerprint density at radius 1 is 0.588 bits per heavy atom. The first-order valence-electron chi connectivity index (χ1n) is 4.77. The summed E-state index contributed by atoms with van der Waals surface area (Å²) in [5.74, 6) is 0. The fraction of sp³-hybridized carbons (Fsp3) is 0. The van der Waals surface area contributed by atoms with Crippen LogP contribution in [-0.2, 0) is 21.1 Å². The minimum atomic E-state index is 0. The zero-order valence-corrected chi connectivity index (χ0v) is 11.3. The van der Waals surface area contributed by atoms with Crippen LogP contribution in [-0.4, -0.2) is 0 Å². The van der Waals surface area contributed by atoms with Gasteiger partial charge in [-0.15, -0.1) is 0 Å². The van der Waals surface area contributed by atoms with E-state index in [1.807, 2.05) is 48.5 Å². The van der Waals surface area contributed by atoms with Crippen molar-refractivity contribution < 1.29 is 21.1 Å². The van der Waals surface area contributed by atoms with E-state index in [-0.39, 0.29) is 21.1 Å². The van der Waals surface area contributed by atoms with E-state index in [0.29, 0.717) is 11.1 Å². The van der Waals surface area contributed by atoms with Crippen LogP contribution in [0.25, 0.3) is 0 Å². The molecule has 2 aromatic rings. The topological polar surface area (TPSA) is 47.6 Å². The molecular formula is C14H10N2Pt+2. The quantitative estimate of drug-likeness (QED) is 0.681. The van der Waals surface area contributed by atoms with E-state index >= 15 is 0 Å². The number of nitrogens with zero attached hydrogens (tertiary/aromatic N) is 2. The molecule has 0 spiro atoms. The number of benzene rings is 2. The molecule has 2 aromatic carbocycles. The molecular weight excluding hydrogens is 391 g/mol. The minimum Gasteiger partial charge on any atom is -0.192 e. The summed E-state index contributed by atoms with van der Waals surface area (Å²) in [6, 6.07) is 22.3. The van der Waals surface area contributed by atoms with Crippen LogP contribution in [0.15, 0.2) is 60.7 Å². The van der Waals surface area contributed by atoms with Crippen LogP contribution in [0.5, 0.6) is 0 Å². The van der Waals surface area contributed by atoms with Gasteiger partial charge >= 0.3 is 21.1 Å².